The summed E-state index contributed by atoms with van der Waals surface area (Å²) >= 11 is 0. The molecular formula is C15H15N5. The van der Waals surface area contributed by atoms with Crippen LogP contribution in [0, 0.1) is 13.8 Å². The highest BCUT2D eigenvalue weighted by Gasteiger charge is 2.11. The van der Waals surface area contributed by atoms with Crippen molar-refractivity contribution < 1.29 is 0 Å². The Kier molecular flexibility index (Phi) is 2.95. The third kappa shape index (κ3) is 2.14. The van der Waals surface area contributed by atoms with Crippen molar-refractivity contribution in [2.45, 2.75) is 13.8 Å². The van der Waals surface area contributed by atoms with Crippen molar-refractivity contribution in [3.63, 3.8) is 0 Å². The van der Waals surface area contributed by atoms with Gasteiger partial charge in [0.2, 0.25) is 0 Å². The highest BCUT2D eigenvalue weighted by Crippen LogP contribution is 2.23. The Labute approximate surface area is 117 Å². The van der Waals surface area contributed by atoms with Gasteiger partial charge in [0.15, 0.2) is 5.82 Å². The number of aromatic nitrogens is 4. The topological polar surface area (TPSA) is 69.6 Å². The van der Waals surface area contributed by atoms with Crippen LogP contribution < -0.4 is 5.73 Å². The van der Waals surface area contributed by atoms with E-state index in [0.29, 0.717) is 5.69 Å². The van der Waals surface area contributed by atoms with Crippen LogP contribution in [0.4, 0.5) is 5.69 Å². The zero-order valence-corrected chi connectivity index (χ0v) is 11.4. The number of rotatable bonds is 2. The summed E-state index contributed by atoms with van der Waals surface area (Å²) in [6, 6.07) is 7.65. The molecule has 0 fully saturated rings. The average Bonchev–Trinajstić information content (AvgIpc) is 2.90. The summed E-state index contributed by atoms with van der Waals surface area (Å²) in [7, 11) is 0. The molecule has 0 radical (unpaired) electrons. The van der Waals surface area contributed by atoms with E-state index >= 15 is 0 Å². The van der Waals surface area contributed by atoms with Crippen molar-refractivity contribution in [3.8, 4) is 17.2 Å². The summed E-state index contributed by atoms with van der Waals surface area (Å²) in [6.07, 6.45) is 5.40. The Morgan fingerprint density at radius 1 is 1.15 bits per heavy atom. The SMILES string of the molecule is Cc1cnc(C)c(-n2ccnc2-c2cccc(N)c2)n1. The van der Waals surface area contributed by atoms with Crippen LogP contribution in [0.5, 0.6) is 0 Å². The molecule has 0 spiro atoms. The minimum absolute atomic E-state index is 0.712. The molecule has 20 heavy (non-hydrogen) atoms. The first-order chi connectivity index (χ1) is 9.65. The number of nitrogens with two attached hydrogens (primary N) is 1. The lowest BCUT2D eigenvalue weighted by Gasteiger charge is -2.10. The van der Waals surface area contributed by atoms with Crippen molar-refractivity contribution in [1.29, 1.82) is 0 Å². The summed E-state index contributed by atoms with van der Waals surface area (Å²) in [6.45, 7) is 3.86. The second kappa shape index (κ2) is 4.77. The molecule has 0 amide bonds. The lowest BCUT2D eigenvalue weighted by molar-refractivity contribution is 0.927. The van der Waals surface area contributed by atoms with Crippen molar-refractivity contribution >= 4 is 5.69 Å². The minimum atomic E-state index is 0.712. The van der Waals surface area contributed by atoms with Crippen molar-refractivity contribution in [2.24, 2.45) is 0 Å². The Hall–Kier alpha value is -2.69. The number of benzene rings is 1. The second-order valence-electron chi connectivity index (χ2n) is 4.67. The number of nitrogens with zero attached hydrogens (tertiary/aromatic N) is 4. The Bertz CT molecular complexity index is 760. The molecule has 0 saturated carbocycles. The van der Waals surface area contributed by atoms with Gasteiger partial charge in [-0.15, -0.1) is 0 Å². The monoisotopic (exact) mass is 265 g/mol. The minimum Gasteiger partial charge on any atom is -0.399 e. The maximum atomic E-state index is 5.84. The molecular weight excluding hydrogens is 250 g/mol. The molecule has 0 aliphatic rings. The van der Waals surface area contributed by atoms with Gasteiger partial charge >= 0.3 is 0 Å². The van der Waals surface area contributed by atoms with E-state index in [0.717, 1.165) is 28.6 Å². The maximum absolute atomic E-state index is 5.84. The Balaban J connectivity index is 2.18. The molecule has 0 bridgehead atoms. The Morgan fingerprint density at radius 3 is 2.80 bits per heavy atom. The van der Waals surface area contributed by atoms with Crippen LogP contribution in [0.15, 0.2) is 42.9 Å². The van der Waals surface area contributed by atoms with Crippen LogP contribution in [0.3, 0.4) is 0 Å². The molecule has 2 N–H and O–H groups in total. The van der Waals surface area contributed by atoms with Gasteiger partial charge in [0, 0.05) is 29.8 Å². The van der Waals surface area contributed by atoms with E-state index < -0.39 is 0 Å². The van der Waals surface area contributed by atoms with Crippen LogP contribution in [0.1, 0.15) is 11.4 Å². The largest absolute Gasteiger partial charge is 0.399 e. The van der Waals surface area contributed by atoms with Crippen LogP contribution in [-0.4, -0.2) is 19.5 Å². The molecule has 3 rings (SSSR count). The number of hydrogen-bond acceptors (Lipinski definition) is 4. The van der Waals surface area contributed by atoms with Gasteiger partial charge in [-0.25, -0.2) is 9.97 Å². The zero-order valence-electron chi connectivity index (χ0n) is 11.4. The number of imidazole rings is 1. The third-order valence-electron chi connectivity index (χ3n) is 3.06. The quantitative estimate of drug-likeness (QED) is 0.723. The van der Waals surface area contributed by atoms with Gasteiger partial charge in [-0.05, 0) is 26.0 Å². The molecule has 0 atom stereocenters. The Morgan fingerprint density at radius 2 is 2.00 bits per heavy atom. The van der Waals surface area contributed by atoms with Crippen LogP contribution >= 0.6 is 0 Å². The smallest absolute Gasteiger partial charge is 0.160 e. The highest BCUT2D eigenvalue weighted by atomic mass is 15.1. The van der Waals surface area contributed by atoms with Gasteiger partial charge in [0.1, 0.15) is 5.82 Å². The fourth-order valence-corrected chi connectivity index (χ4v) is 2.12. The fourth-order valence-electron chi connectivity index (χ4n) is 2.12. The summed E-state index contributed by atoms with van der Waals surface area (Å²) in [4.78, 5) is 13.3. The zero-order chi connectivity index (χ0) is 14.1. The summed E-state index contributed by atoms with van der Waals surface area (Å²) in [5, 5.41) is 0. The molecule has 1 aromatic carbocycles. The lowest BCUT2D eigenvalue weighted by Crippen LogP contribution is -2.04. The van der Waals surface area contributed by atoms with E-state index in [9.17, 15) is 0 Å². The lowest BCUT2D eigenvalue weighted by atomic mass is 10.2. The van der Waals surface area contributed by atoms with Crippen molar-refractivity contribution in [1.82, 2.24) is 19.5 Å². The standard InChI is InChI=1S/C15H15N5/c1-10-9-18-11(2)14(19-10)20-7-6-17-15(20)12-4-3-5-13(16)8-12/h3-9H,16H2,1-2H3. The second-order valence-corrected chi connectivity index (χ2v) is 4.67. The van der Waals surface area contributed by atoms with Gasteiger partial charge in [-0.1, -0.05) is 12.1 Å². The molecule has 5 heteroatoms. The van der Waals surface area contributed by atoms with E-state index in [1.807, 2.05) is 48.9 Å². The summed E-state index contributed by atoms with van der Waals surface area (Å²) < 4.78 is 1.93. The number of nitrogen functional groups attached to an aromatic ring is 1. The van der Waals surface area contributed by atoms with Crippen LogP contribution in [-0.2, 0) is 0 Å². The van der Waals surface area contributed by atoms with Crippen LogP contribution in [0.25, 0.3) is 17.2 Å². The third-order valence-corrected chi connectivity index (χ3v) is 3.06. The number of hydrogen-bond donors (Lipinski definition) is 1. The predicted molar refractivity (Wildman–Crippen MR) is 78.5 cm³/mol. The van der Waals surface area contributed by atoms with E-state index in [4.69, 9.17) is 5.73 Å². The maximum Gasteiger partial charge on any atom is 0.160 e. The van der Waals surface area contributed by atoms with Gasteiger partial charge < -0.3 is 5.73 Å². The molecule has 2 aromatic heterocycles. The fraction of sp³-hybridized carbons (Fsp3) is 0.133. The molecule has 100 valence electrons. The predicted octanol–water partition coefficient (Wildman–Crippen LogP) is 2.53. The molecule has 0 saturated heterocycles. The van der Waals surface area contributed by atoms with E-state index in [-0.39, 0.29) is 0 Å². The van der Waals surface area contributed by atoms with Gasteiger partial charge in [-0.2, -0.15) is 0 Å². The van der Waals surface area contributed by atoms with Crippen LogP contribution in [0.2, 0.25) is 0 Å². The molecule has 3 aromatic rings. The van der Waals surface area contributed by atoms with Gasteiger partial charge in [-0.3, -0.25) is 9.55 Å². The molecule has 0 aliphatic heterocycles. The van der Waals surface area contributed by atoms with E-state index in [1.165, 1.54) is 0 Å². The van der Waals surface area contributed by atoms with Crippen molar-refractivity contribution in [2.75, 3.05) is 5.73 Å². The number of aryl methyl sites for hydroxylation is 2. The van der Waals surface area contributed by atoms with Gasteiger partial charge in [0.25, 0.3) is 0 Å². The molecule has 5 nitrogen and oxygen atoms in total. The molecule has 2 heterocycles. The number of anilines is 1. The first kappa shape index (κ1) is 12.3. The highest BCUT2D eigenvalue weighted by molar-refractivity contribution is 5.63. The molecule has 0 unspecified atom stereocenters. The first-order valence-corrected chi connectivity index (χ1v) is 6.35. The van der Waals surface area contributed by atoms with Gasteiger partial charge in [0.05, 0.1) is 11.4 Å². The van der Waals surface area contributed by atoms with Crippen molar-refractivity contribution in [3.05, 3.63) is 54.2 Å². The van der Waals surface area contributed by atoms with E-state index in [2.05, 4.69) is 15.0 Å². The van der Waals surface area contributed by atoms with E-state index in [1.54, 1.807) is 12.4 Å². The average molecular weight is 265 g/mol. The summed E-state index contributed by atoms with van der Waals surface area (Å²) in [5.74, 6) is 1.60. The summed E-state index contributed by atoms with van der Waals surface area (Å²) in [5.41, 5.74) is 9.24. The normalized spacial score (nSPS) is 10.7. The first-order valence-electron chi connectivity index (χ1n) is 6.35. The molecule has 0 aliphatic carbocycles.